The number of aromatic nitrogens is 9. The number of methoxy groups -OCH3 is 7. The molecule has 14 aromatic rings. The van der Waals surface area contributed by atoms with Gasteiger partial charge in [-0.2, -0.15) is 15.3 Å². The van der Waals surface area contributed by atoms with Gasteiger partial charge in [0.05, 0.1) is 27.0 Å². The van der Waals surface area contributed by atoms with Crippen molar-refractivity contribution in [3.63, 3.8) is 0 Å². The zero-order valence-electron chi connectivity index (χ0n) is 76.8. The van der Waals surface area contributed by atoms with E-state index in [4.69, 9.17) is 78.1 Å². The van der Waals surface area contributed by atoms with Gasteiger partial charge < -0.3 is 72.9 Å². The van der Waals surface area contributed by atoms with Gasteiger partial charge in [-0.05, 0) is 154 Å². The van der Waals surface area contributed by atoms with E-state index in [1.807, 2.05) is 169 Å². The number of para-hydroxylation sites is 3. The van der Waals surface area contributed by atoms with Crippen LogP contribution >= 0.6 is 31.9 Å². The second-order valence-electron chi connectivity index (χ2n) is 33.2. The van der Waals surface area contributed by atoms with Crippen molar-refractivity contribution < 1.29 is 87.0 Å². The molecule has 8 aromatic carbocycles. The van der Waals surface area contributed by atoms with E-state index in [0.717, 1.165) is 133 Å². The number of benzene rings is 8. The third kappa shape index (κ3) is 26.7. The average molecular weight is 1960 g/mol. The van der Waals surface area contributed by atoms with Crippen molar-refractivity contribution in [3.05, 3.63) is 268 Å². The summed E-state index contributed by atoms with van der Waals surface area (Å²) in [7, 11) is 15.3. The van der Waals surface area contributed by atoms with Crippen LogP contribution in [0.3, 0.4) is 0 Å². The summed E-state index contributed by atoms with van der Waals surface area (Å²) in [5, 5.41) is 55.7. The van der Waals surface area contributed by atoms with Crippen LogP contribution in [0.5, 0.6) is 17.2 Å². The highest BCUT2D eigenvalue weighted by atomic mass is 79.9. The Morgan fingerprint density at radius 1 is 0.402 bits per heavy atom. The number of fused-ring (bicyclic) bond motifs is 3. The smallest absolute Gasteiger partial charge is 0.337 e. The molecular formula is C99H111Br2N11O18Si2. The van der Waals surface area contributed by atoms with E-state index in [1.165, 1.54) is 31.1 Å². The molecule has 6 heterocycles. The largest absolute Gasteiger partial charge is 0.496 e. The number of nitrogens with zero attached hydrogens (tertiary/aromatic N) is 10. The number of carboxylic acids is 3. The Bertz CT molecular complexity index is 6300. The van der Waals surface area contributed by atoms with Crippen LogP contribution in [0.25, 0.3) is 100 Å². The number of nitrogens with one attached hydrogen (secondary N) is 1. The summed E-state index contributed by atoms with van der Waals surface area (Å²) >= 11 is 6.44. The number of aliphatic carboxylic acids is 3. The number of carbonyl (C=O) groups excluding carboxylic acids is 2. The zero-order chi connectivity index (χ0) is 95.7. The molecule has 0 aliphatic carbocycles. The standard InChI is InChI=1S/C30H38N4O4Si.C28H33N3O5Si.C24H24N4O3.C9H9BrO3.C8H7BrO3/c1-33(2)30(35)28(37-4)22-12-10-11-21(17-22)23-18-25-27(24-13-8-9-14-26(24)36-3)32-34(29(25)31-19-23)20-38-15-16-39(5,6)7;1-34-24-12-7-6-11-22(24)25-23-16-21(19-9-8-10-20(15-19)26(35-2)28(32)33)17-29-27(23)31(30-25)18-36-13-14-37(3,4)5;1-28(2)24(29)22(31-4)16-9-7-8-15(12-16)17-13-19-21(26-27-23(19)25-14-17)18-10-5-6-11-20(18)30-3;1-13-8(9(11)12)6-3-2-4-7(10)5-6;9-6-3-1-2-5(4-6)7(10)8(11)12/h8-14,17-19,28H,15-16,20H2,1-7H3;6-12,15-17,26H,13-14,18H2,1-5H3,(H,32,33);5-14,22H,1-4H3,(H,25,26,27);2-5,8H,1H3,(H,11,12);1-4,7,10H,(H,11,12). The van der Waals surface area contributed by atoms with Crippen LogP contribution in [0.1, 0.15) is 58.3 Å². The Kier molecular flexibility index (Phi) is 36.6. The Morgan fingerprint density at radius 3 is 1.11 bits per heavy atom. The fraction of sp³-hybridized carbons (Fsp3) is 0.283. The molecule has 0 aliphatic heterocycles. The molecule has 14 rings (SSSR count). The summed E-state index contributed by atoms with van der Waals surface area (Å²) < 4.78 is 55.0. The van der Waals surface area contributed by atoms with E-state index in [2.05, 4.69) is 92.4 Å². The normalized spacial score (nSPS) is 12.4. The number of hydrogen-bond donors (Lipinski definition) is 5. The van der Waals surface area contributed by atoms with Crippen molar-refractivity contribution in [2.75, 3.05) is 91.2 Å². The number of pyridine rings is 3. The minimum absolute atomic E-state index is 0.110. The predicted molar refractivity (Wildman–Crippen MR) is 522 cm³/mol. The Morgan fingerprint density at radius 2 is 0.742 bits per heavy atom. The molecule has 0 aliphatic rings. The second-order valence-corrected chi connectivity index (χ2v) is 46.3. The summed E-state index contributed by atoms with van der Waals surface area (Å²) in [6.45, 7) is 16.0. The lowest BCUT2D eigenvalue weighted by molar-refractivity contribution is -0.149. The van der Waals surface area contributed by atoms with E-state index in [0.29, 0.717) is 60.4 Å². The maximum atomic E-state index is 12.7. The Hall–Kier alpha value is -12.5. The van der Waals surface area contributed by atoms with Gasteiger partial charge in [0, 0.05) is 163 Å². The minimum atomic E-state index is -1.44. The lowest BCUT2D eigenvalue weighted by Gasteiger charge is -2.20. The topological polar surface area (TPSA) is 359 Å². The van der Waals surface area contributed by atoms with Crippen LogP contribution in [0.4, 0.5) is 0 Å². The van der Waals surface area contributed by atoms with Crippen molar-refractivity contribution in [1.82, 2.24) is 54.5 Å². The van der Waals surface area contributed by atoms with Gasteiger partial charge in [-0.25, -0.2) is 38.7 Å². The van der Waals surface area contributed by atoms with Gasteiger partial charge >= 0.3 is 17.9 Å². The number of H-pyrrole nitrogens is 1. The molecule has 692 valence electrons. The molecule has 5 atom stereocenters. The van der Waals surface area contributed by atoms with E-state index >= 15 is 0 Å². The number of hydrogen-bond acceptors (Lipinski definition) is 21. The highest BCUT2D eigenvalue weighted by Gasteiger charge is 2.29. The first-order valence-corrected chi connectivity index (χ1v) is 51.0. The maximum absolute atomic E-state index is 12.7. The van der Waals surface area contributed by atoms with Crippen LogP contribution in [-0.4, -0.2) is 212 Å². The molecule has 5 unspecified atom stereocenters. The average Bonchev–Trinajstić information content (AvgIpc) is 1.61. The molecule has 0 spiro atoms. The molecule has 0 bridgehead atoms. The highest BCUT2D eigenvalue weighted by molar-refractivity contribution is 9.10. The van der Waals surface area contributed by atoms with Crippen molar-refractivity contribution in [3.8, 4) is 84.4 Å². The number of carboxylic acid groups (broad SMARTS) is 3. The first-order chi connectivity index (χ1) is 63.1. The Labute approximate surface area is 785 Å². The first kappa shape index (κ1) is 102. The number of rotatable bonds is 33. The maximum Gasteiger partial charge on any atom is 0.337 e. The van der Waals surface area contributed by atoms with E-state index in [1.54, 1.807) is 122 Å². The molecule has 6 aromatic heterocycles. The molecular weight excluding hydrogens is 1850 g/mol. The van der Waals surface area contributed by atoms with Gasteiger partial charge in [0.2, 0.25) is 0 Å². The predicted octanol–water partition coefficient (Wildman–Crippen LogP) is 19.6. The van der Waals surface area contributed by atoms with Crippen LogP contribution in [0, 0.1) is 0 Å². The number of amides is 2. The van der Waals surface area contributed by atoms with Crippen LogP contribution in [0.15, 0.2) is 240 Å². The van der Waals surface area contributed by atoms with Crippen molar-refractivity contribution >= 4 is 111 Å². The molecule has 33 heteroatoms. The summed E-state index contributed by atoms with van der Waals surface area (Å²) in [6.07, 6.45) is 0.669. The molecule has 2 amide bonds. The van der Waals surface area contributed by atoms with Crippen molar-refractivity contribution in [2.45, 2.75) is 95.4 Å². The van der Waals surface area contributed by atoms with Crippen LogP contribution < -0.4 is 14.2 Å². The number of aliphatic hydroxyl groups excluding tert-OH is 1. The minimum Gasteiger partial charge on any atom is -0.496 e. The molecule has 29 nitrogen and oxygen atoms in total. The number of carbonyl (C=O) groups is 5. The SMILES string of the molecule is COC(C(=O)O)c1cccc(Br)c1.COc1ccccc1-c1[nH]nc2ncc(-c3cccc(C(OC)C(=O)N(C)C)c3)cc12.COc1ccccc1-c1nn(COCC[Si](C)(C)C)c2ncc(-c3cccc(C(OC)C(=O)N(C)C)c3)cc12.COc1ccccc1-c1nn(COCC[Si](C)(C)C)c2ncc(-c3cccc(C(OC)C(=O)O)c3)cc12.O=C(O)C(O)c1cccc(Br)c1. The van der Waals surface area contributed by atoms with Crippen molar-refractivity contribution in [1.29, 1.82) is 0 Å². The van der Waals surface area contributed by atoms with E-state index < -0.39 is 64.6 Å². The Balaban J connectivity index is 0.000000182. The quantitative estimate of drug-likeness (QED) is 0.0188. The summed E-state index contributed by atoms with van der Waals surface area (Å²) in [4.78, 5) is 75.0. The monoisotopic (exact) mass is 1960 g/mol. The first-order valence-electron chi connectivity index (χ1n) is 42.0. The molecule has 5 N–H and O–H groups in total. The van der Waals surface area contributed by atoms with Gasteiger partial charge in [0.25, 0.3) is 11.8 Å². The molecule has 0 saturated carbocycles. The van der Waals surface area contributed by atoms with Gasteiger partial charge in [-0.3, -0.25) is 14.7 Å². The molecule has 132 heavy (non-hydrogen) atoms. The van der Waals surface area contributed by atoms with Gasteiger partial charge in [-0.1, -0.05) is 186 Å². The number of aliphatic hydroxyl groups is 1. The lowest BCUT2D eigenvalue weighted by Crippen LogP contribution is -2.29. The zero-order valence-corrected chi connectivity index (χ0v) is 82.0. The summed E-state index contributed by atoms with van der Waals surface area (Å²) in [6, 6.07) is 68.2. The second kappa shape index (κ2) is 47.5. The van der Waals surface area contributed by atoms with Gasteiger partial charge in [0.15, 0.2) is 47.5 Å². The highest BCUT2D eigenvalue weighted by Crippen LogP contribution is 2.41. The molecule has 0 saturated heterocycles. The van der Waals surface area contributed by atoms with Crippen LogP contribution in [-0.2, 0) is 65.9 Å². The molecule has 0 radical (unpaired) electrons. The summed E-state index contributed by atoms with van der Waals surface area (Å²) in [5.41, 5.74) is 15.6. The summed E-state index contributed by atoms with van der Waals surface area (Å²) in [5.74, 6) is -1.29. The van der Waals surface area contributed by atoms with E-state index in [-0.39, 0.29) is 11.8 Å². The molecule has 0 fully saturated rings. The number of ether oxygens (including phenoxy) is 9. The number of likely N-dealkylation sites (N-methyl/N-ethyl adjacent to an activating group) is 2. The fourth-order valence-electron chi connectivity index (χ4n) is 14.0. The van der Waals surface area contributed by atoms with Gasteiger partial charge in [-0.15, -0.1) is 0 Å². The third-order valence-corrected chi connectivity index (χ3v) is 25.3. The van der Waals surface area contributed by atoms with E-state index in [9.17, 15) is 29.1 Å². The van der Waals surface area contributed by atoms with Gasteiger partial charge in [0.1, 0.15) is 42.1 Å². The fourth-order valence-corrected chi connectivity index (χ4v) is 16.3. The van der Waals surface area contributed by atoms with Crippen LogP contribution in [0.2, 0.25) is 51.4 Å². The van der Waals surface area contributed by atoms with Crippen molar-refractivity contribution in [2.24, 2.45) is 0 Å². The lowest BCUT2D eigenvalue weighted by atomic mass is 9.99. The number of aromatic amines is 1. The third-order valence-electron chi connectivity index (χ3n) is 20.9. The number of halogens is 2.